The molecular weight excluding hydrogens is 288 g/mol. The number of rotatable bonds is 4. The number of methoxy groups -OCH3 is 1. The van der Waals surface area contributed by atoms with Gasteiger partial charge in [0.25, 0.3) is 0 Å². The van der Waals surface area contributed by atoms with Crippen LogP contribution < -0.4 is 9.64 Å². The highest BCUT2D eigenvalue weighted by Crippen LogP contribution is 2.26. The molecule has 23 heavy (non-hydrogen) atoms. The molecular formula is C18H20N4O. The van der Waals surface area contributed by atoms with Crippen LogP contribution in [0.4, 0.5) is 5.95 Å². The third kappa shape index (κ3) is 2.74. The molecule has 0 amide bonds. The van der Waals surface area contributed by atoms with Crippen LogP contribution in [-0.2, 0) is 6.42 Å². The second kappa shape index (κ2) is 5.91. The van der Waals surface area contributed by atoms with Crippen LogP contribution in [0.5, 0.6) is 5.75 Å². The maximum absolute atomic E-state index is 5.22. The van der Waals surface area contributed by atoms with Gasteiger partial charge in [0.2, 0.25) is 5.95 Å². The Bertz CT molecular complexity index is 796. The summed E-state index contributed by atoms with van der Waals surface area (Å²) in [7, 11) is 1.70. The van der Waals surface area contributed by atoms with E-state index >= 15 is 0 Å². The van der Waals surface area contributed by atoms with E-state index in [9.17, 15) is 0 Å². The average molecular weight is 308 g/mol. The number of anilines is 1. The van der Waals surface area contributed by atoms with Crippen LogP contribution in [0.25, 0.3) is 5.65 Å². The van der Waals surface area contributed by atoms with Gasteiger partial charge in [-0.15, -0.1) is 0 Å². The van der Waals surface area contributed by atoms with Gasteiger partial charge in [-0.25, -0.2) is 9.97 Å². The molecule has 0 spiro atoms. The maximum Gasteiger partial charge on any atom is 0.211 e. The Morgan fingerprint density at radius 3 is 2.83 bits per heavy atom. The highest BCUT2D eigenvalue weighted by atomic mass is 16.5. The van der Waals surface area contributed by atoms with E-state index in [2.05, 4.69) is 31.4 Å². The standard InChI is InChI=1S/C18H20N4O/c1-23-16-4-2-14(3-5-16)12-15-7-10-21(13-15)18-20-8-6-17-19-9-11-22(17)18/h2-6,8-9,11,15H,7,10,12-13H2,1H3. The first-order chi connectivity index (χ1) is 11.3. The fourth-order valence-corrected chi connectivity index (χ4v) is 3.35. The molecule has 5 heteroatoms. The molecule has 1 saturated heterocycles. The number of hydrogen-bond acceptors (Lipinski definition) is 4. The van der Waals surface area contributed by atoms with Gasteiger partial charge >= 0.3 is 0 Å². The average Bonchev–Trinajstić information content (AvgIpc) is 3.24. The Balaban J connectivity index is 1.47. The van der Waals surface area contributed by atoms with Crippen molar-refractivity contribution in [1.29, 1.82) is 0 Å². The smallest absolute Gasteiger partial charge is 0.211 e. The highest BCUT2D eigenvalue weighted by molar-refractivity contribution is 5.46. The van der Waals surface area contributed by atoms with Crippen LogP contribution in [0.15, 0.2) is 48.9 Å². The molecule has 1 aromatic carbocycles. The zero-order valence-corrected chi connectivity index (χ0v) is 13.2. The first-order valence-electron chi connectivity index (χ1n) is 7.99. The molecule has 0 aliphatic carbocycles. The van der Waals surface area contributed by atoms with Crippen LogP contribution in [0.1, 0.15) is 12.0 Å². The minimum Gasteiger partial charge on any atom is -0.497 e. The Hall–Kier alpha value is -2.56. The van der Waals surface area contributed by atoms with Crippen molar-refractivity contribution in [2.24, 2.45) is 5.92 Å². The van der Waals surface area contributed by atoms with Crippen LogP contribution >= 0.6 is 0 Å². The topological polar surface area (TPSA) is 42.7 Å². The van der Waals surface area contributed by atoms with Gasteiger partial charge in [0.05, 0.1) is 7.11 Å². The van der Waals surface area contributed by atoms with E-state index in [0.717, 1.165) is 36.9 Å². The second-order valence-corrected chi connectivity index (χ2v) is 6.05. The van der Waals surface area contributed by atoms with Crippen molar-refractivity contribution in [3.63, 3.8) is 0 Å². The van der Waals surface area contributed by atoms with E-state index in [1.54, 1.807) is 7.11 Å². The van der Waals surface area contributed by atoms with Gasteiger partial charge in [-0.3, -0.25) is 4.40 Å². The summed E-state index contributed by atoms with van der Waals surface area (Å²) in [6, 6.07) is 10.3. The first-order valence-corrected chi connectivity index (χ1v) is 7.99. The molecule has 1 fully saturated rings. The van der Waals surface area contributed by atoms with E-state index in [0.29, 0.717) is 5.92 Å². The molecule has 118 valence electrons. The van der Waals surface area contributed by atoms with Crippen molar-refractivity contribution >= 4 is 11.6 Å². The molecule has 1 aliphatic heterocycles. The molecule has 5 nitrogen and oxygen atoms in total. The van der Waals surface area contributed by atoms with Crippen molar-refractivity contribution in [2.45, 2.75) is 12.8 Å². The number of ether oxygens (including phenoxy) is 1. The van der Waals surface area contributed by atoms with E-state index in [-0.39, 0.29) is 0 Å². The summed E-state index contributed by atoms with van der Waals surface area (Å²) in [5.74, 6) is 2.57. The molecule has 0 N–H and O–H groups in total. The second-order valence-electron chi connectivity index (χ2n) is 6.05. The summed E-state index contributed by atoms with van der Waals surface area (Å²) in [5.41, 5.74) is 2.32. The summed E-state index contributed by atoms with van der Waals surface area (Å²) in [5, 5.41) is 0. The number of benzene rings is 1. The Morgan fingerprint density at radius 2 is 2.00 bits per heavy atom. The highest BCUT2D eigenvalue weighted by Gasteiger charge is 2.25. The number of nitrogens with zero attached hydrogens (tertiary/aromatic N) is 4. The number of aromatic nitrogens is 3. The van der Waals surface area contributed by atoms with Crippen LogP contribution in [0.3, 0.4) is 0 Å². The molecule has 4 rings (SSSR count). The molecule has 1 aliphatic rings. The quantitative estimate of drug-likeness (QED) is 0.743. The van der Waals surface area contributed by atoms with Crippen LogP contribution in [0.2, 0.25) is 0 Å². The van der Waals surface area contributed by atoms with E-state index < -0.39 is 0 Å². The van der Waals surface area contributed by atoms with Crippen molar-refractivity contribution in [3.05, 3.63) is 54.5 Å². The lowest BCUT2D eigenvalue weighted by atomic mass is 9.99. The zero-order valence-electron chi connectivity index (χ0n) is 13.2. The van der Waals surface area contributed by atoms with Gasteiger partial charge in [-0.2, -0.15) is 0 Å². The van der Waals surface area contributed by atoms with Crippen LogP contribution in [0, 0.1) is 5.92 Å². The lowest BCUT2D eigenvalue weighted by molar-refractivity contribution is 0.414. The number of imidazole rings is 1. The summed E-state index contributed by atoms with van der Waals surface area (Å²) in [6.45, 7) is 2.08. The predicted molar refractivity (Wildman–Crippen MR) is 90.0 cm³/mol. The largest absolute Gasteiger partial charge is 0.497 e. The Kier molecular flexibility index (Phi) is 3.61. The zero-order chi connectivity index (χ0) is 15.6. The molecule has 0 radical (unpaired) electrons. The van der Waals surface area contributed by atoms with Crippen molar-refractivity contribution in [1.82, 2.24) is 14.4 Å². The fraction of sp³-hybridized carbons (Fsp3) is 0.333. The minimum absolute atomic E-state index is 0.656. The maximum atomic E-state index is 5.22. The minimum atomic E-state index is 0.656. The third-order valence-corrected chi connectivity index (χ3v) is 4.55. The van der Waals surface area contributed by atoms with Gasteiger partial charge in [-0.1, -0.05) is 12.1 Å². The SMILES string of the molecule is COc1ccc(CC2CCN(c3nccc4nccn34)C2)cc1. The van der Waals surface area contributed by atoms with Crippen molar-refractivity contribution < 1.29 is 4.74 Å². The molecule has 2 aromatic heterocycles. The van der Waals surface area contributed by atoms with Crippen molar-refractivity contribution in [3.8, 4) is 5.75 Å². The monoisotopic (exact) mass is 308 g/mol. The summed E-state index contributed by atoms with van der Waals surface area (Å²) >= 11 is 0. The molecule has 0 bridgehead atoms. The Labute approximate surface area is 135 Å². The molecule has 3 aromatic rings. The van der Waals surface area contributed by atoms with Gasteiger partial charge in [-0.05, 0) is 42.5 Å². The Morgan fingerprint density at radius 1 is 1.13 bits per heavy atom. The molecule has 1 unspecified atom stereocenters. The molecule has 0 saturated carbocycles. The molecule has 1 atom stereocenters. The van der Waals surface area contributed by atoms with Gasteiger partial charge < -0.3 is 9.64 Å². The normalized spacial score (nSPS) is 17.8. The predicted octanol–water partition coefficient (Wildman–Crippen LogP) is 2.81. The lowest BCUT2D eigenvalue weighted by Crippen LogP contribution is -2.23. The number of fused-ring (bicyclic) bond motifs is 1. The third-order valence-electron chi connectivity index (χ3n) is 4.55. The number of hydrogen-bond donors (Lipinski definition) is 0. The first kappa shape index (κ1) is 14.1. The summed E-state index contributed by atoms with van der Waals surface area (Å²) < 4.78 is 7.29. The summed E-state index contributed by atoms with van der Waals surface area (Å²) in [6.07, 6.45) is 7.94. The molecule has 3 heterocycles. The van der Waals surface area contributed by atoms with Crippen molar-refractivity contribution in [2.75, 3.05) is 25.1 Å². The lowest BCUT2D eigenvalue weighted by Gasteiger charge is -2.18. The van der Waals surface area contributed by atoms with E-state index in [1.165, 1.54) is 12.0 Å². The van der Waals surface area contributed by atoms with E-state index in [4.69, 9.17) is 4.74 Å². The summed E-state index contributed by atoms with van der Waals surface area (Å²) in [4.78, 5) is 11.3. The van der Waals surface area contributed by atoms with Gasteiger partial charge in [0, 0.05) is 31.7 Å². The fourth-order valence-electron chi connectivity index (χ4n) is 3.35. The van der Waals surface area contributed by atoms with Gasteiger partial charge in [0.1, 0.15) is 11.4 Å². The van der Waals surface area contributed by atoms with Crippen LogP contribution in [-0.4, -0.2) is 34.6 Å². The van der Waals surface area contributed by atoms with E-state index in [1.807, 2.05) is 36.8 Å². The van der Waals surface area contributed by atoms with Gasteiger partial charge in [0.15, 0.2) is 0 Å².